The molecule has 3 atom stereocenters. The van der Waals surface area contributed by atoms with E-state index in [1.807, 2.05) is 26.8 Å². The van der Waals surface area contributed by atoms with Gasteiger partial charge < -0.3 is 30.9 Å². The molecule has 3 rings (SSSR count). The summed E-state index contributed by atoms with van der Waals surface area (Å²) in [6, 6.07) is 6.03. The normalized spacial score (nSPS) is 22.4. The Kier molecular flexibility index (Phi) is 9.12. The number of nitrogens with zero attached hydrogens (tertiary/aromatic N) is 1. The maximum atomic E-state index is 12.6. The van der Waals surface area contributed by atoms with Crippen LogP contribution in [0.15, 0.2) is 18.2 Å². The van der Waals surface area contributed by atoms with Crippen molar-refractivity contribution in [2.24, 2.45) is 0 Å². The molecular weight excluding hydrogens is 434 g/mol. The molecule has 0 spiro atoms. The van der Waals surface area contributed by atoms with Crippen molar-refractivity contribution >= 4 is 17.8 Å². The molecule has 0 saturated carbocycles. The van der Waals surface area contributed by atoms with Gasteiger partial charge in [0.25, 0.3) is 0 Å². The van der Waals surface area contributed by atoms with E-state index >= 15 is 0 Å². The Balaban J connectivity index is 1.39. The molecule has 2 aliphatic heterocycles. The quantitative estimate of drug-likeness (QED) is 0.333. The number of benzene rings is 1. The van der Waals surface area contributed by atoms with E-state index < -0.39 is 5.60 Å². The van der Waals surface area contributed by atoms with Crippen LogP contribution in [0.2, 0.25) is 0 Å². The first-order chi connectivity index (χ1) is 16.1. The summed E-state index contributed by atoms with van der Waals surface area (Å²) in [7, 11) is 1.75. The molecule has 3 unspecified atom stereocenters. The van der Waals surface area contributed by atoms with Crippen molar-refractivity contribution in [1.82, 2.24) is 31.5 Å². The molecule has 6 N–H and O–H groups in total. The average Bonchev–Trinajstić information content (AvgIpc) is 2.75. The standard InChI is InChI=1S/C24H41N7O3/c1-16-13-20(26-10-6-12-31(5)23(33)34-24(2,3)4)29-21(27-16)30-22(32)28-19-8-7-18-15-25-11-9-17(18)14-19/h7-8,14,16,20-21,25-27,29H,6,9-13,15H2,1-5H3,(H2,28,30,32). The number of anilines is 1. The van der Waals surface area contributed by atoms with Gasteiger partial charge in [0.2, 0.25) is 0 Å². The average molecular weight is 476 g/mol. The molecule has 10 nitrogen and oxygen atoms in total. The van der Waals surface area contributed by atoms with E-state index in [9.17, 15) is 9.59 Å². The zero-order valence-electron chi connectivity index (χ0n) is 21.1. The zero-order chi connectivity index (χ0) is 24.7. The number of rotatable bonds is 7. The number of hydrogen-bond acceptors (Lipinski definition) is 7. The molecule has 3 amide bonds. The third kappa shape index (κ3) is 8.43. The second-order valence-electron chi connectivity index (χ2n) is 10.2. The third-order valence-corrected chi connectivity index (χ3v) is 5.80. The fraction of sp³-hybridized carbons (Fsp3) is 0.667. The van der Waals surface area contributed by atoms with Gasteiger partial charge in [0, 0.05) is 31.9 Å². The number of ether oxygens (including phenoxy) is 1. The van der Waals surface area contributed by atoms with Gasteiger partial charge in [-0.25, -0.2) is 9.59 Å². The lowest BCUT2D eigenvalue weighted by molar-refractivity contribution is 0.0297. The van der Waals surface area contributed by atoms with E-state index in [4.69, 9.17) is 4.74 Å². The molecule has 190 valence electrons. The molecular formula is C24H41N7O3. The summed E-state index contributed by atoms with van der Waals surface area (Å²) >= 11 is 0. The van der Waals surface area contributed by atoms with Gasteiger partial charge in [-0.15, -0.1) is 0 Å². The summed E-state index contributed by atoms with van der Waals surface area (Å²) in [5.74, 6) is 0. The van der Waals surface area contributed by atoms with E-state index in [1.54, 1.807) is 11.9 Å². The van der Waals surface area contributed by atoms with E-state index in [0.29, 0.717) is 6.54 Å². The minimum atomic E-state index is -0.496. The summed E-state index contributed by atoms with van der Waals surface area (Å²) in [5, 5.41) is 19.5. The predicted octanol–water partition coefficient (Wildman–Crippen LogP) is 1.88. The van der Waals surface area contributed by atoms with Crippen molar-refractivity contribution in [3.8, 4) is 0 Å². The van der Waals surface area contributed by atoms with E-state index in [-0.39, 0.29) is 30.6 Å². The molecule has 0 bridgehead atoms. The summed E-state index contributed by atoms with van der Waals surface area (Å²) in [6.45, 7) is 10.8. The molecule has 0 radical (unpaired) electrons. The minimum absolute atomic E-state index is 0.0460. The van der Waals surface area contributed by atoms with Crippen LogP contribution in [0.3, 0.4) is 0 Å². The van der Waals surface area contributed by atoms with Crippen LogP contribution in [0.4, 0.5) is 15.3 Å². The van der Waals surface area contributed by atoms with Crippen molar-refractivity contribution in [2.75, 3.05) is 32.0 Å². The molecule has 0 aliphatic carbocycles. The maximum absolute atomic E-state index is 12.6. The summed E-state index contributed by atoms with van der Waals surface area (Å²) in [4.78, 5) is 26.2. The summed E-state index contributed by atoms with van der Waals surface area (Å²) in [5.41, 5.74) is 2.86. The molecule has 1 saturated heterocycles. The highest BCUT2D eigenvalue weighted by atomic mass is 16.6. The van der Waals surface area contributed by atoms with E-state index in [1.165, 1.54) is 11.1 Å². The molecule has 2 aliphatic rings. The Morgan fingerprint density at radius 3 is 2.76 bits per heavy atom. The molecule has 10 heteroatoms. The summed E-state index contributed by atoms with van der Waals surface area (Å²) in [6.07, 6.45) is 2.02. The van der Waals surface area contributed by atoms with Gasteiger partial charge in [-0.1, -0.05) is 6.07 Å². The zero-order valence-corrected chi connectivity index (χ0v) is 21.1. The third-order valence-electron chi connectivity index (χ3n) is 5.80. The van der Waals surface area contributed by atoms with Gasteiger partial charge in [0.1, 0.15) is 11.9 Å². The van der Waals surface area contributed by atoms with Gasteiger partial charge in [-0.05, 0) is 83.3 Å². The van der Waals surface area contributed by atoms with Crippen molar-refractivity contribution in [3.63, 3.8) is 0 Å². The number of amides is 3. The topological polar surface area (TPSA) is 119 Å². The fourth-order valence-electron chi connectivity index (χ4n) is 4.13. The number of hydrogen-bond donors (Lipinski definition) is 6. The van der Waals surface area contributed by atoms with Crippen LogP contribution >= 0.6 is 0 Å². The van der Waals surface area contributed by atoms with Crippen LogP contribution in [-0.2, 0) is 17.7 Å². The van der Waals surface area contributed by atoms with Gasteiger partial charge in [0.15, 0.2) is 0 Å². The van der Waals surface area contributed by atoms with Crippen LogP contribution in [0.1, 0.15) is 51.7 Å². The SMILES string of the molecule is CC1CC(NCCCN(C)C(=O)OC(C)(C)C)NC(NC(=O)Nc2ccc3c(c2)CCNC3)N1. The van der Waals surface area contributed by atoms with Crippen LogP contribution < -0.4 is 31.9 Å². The lowest BCUT2D eigenvalue weighted by atomic mass is 10.0. The van der Waals surface area contributed by atoms with Gasteiger partial charge in [0.05, 0.1) is 6.17 Å². The smallest absolute Gasteiger partial charge is 0.410 e. The second kappa shape index (κ2) is 11.8. The largest absolute Gasteiger partial charge is 0.444 e. The molecule has 34 heavy (non-hydrogen) atoms. The lowest BCUT2D eigenvalue weighted by Crippen LogP contribution is -2.67. The van der Waals surface area contributed by atoms with Gasteiger partial charge in [-0.3, -0.25) is 10.6 Å². The Labute approximate surface area is 202 Å². The first-order valence-corrected chi connectivity index (χ1v) is 12.2. The van der Waals surface area contributed by atoms with Gasteiger partial charge in [-0.2, -0.15) is 0 Å². The van der Waals surface area contributed by atoms with Crippen molar-refractivity contribution in [2.45, 2.75) is 77.6 Å². The highest BCUT2D eigenvalue weighted by Gasteiger charge is 2.26. The van der Waals surface area contributed by atoms with Crippen LogP contribution in [0.5, 0.6) is 0 Å². The van der Waals surface area contributed by atoms with Crippen molar-refractivity contribution in [1.29, 1.82) is 0 Å². The number of urea groups is 1. The summed E-state index contributed by atoms with van der Waals surface area (Å²) < 4.78 is 5.38. The molecule has 1 aromatic rings. The molecule has 1 aromatic carbocycles. The fourth-order valence-corrected chi connectivity index (χ4v) is 4.13. The molecule has 2 heterocycles. The van der Waals surface area contributed by atoms with E-state index in [2.05, 4.69) is 51.0 Å². The number of carbonyl (C=O) groups excluding carboxylic acids is 2. The van der Waals surface area contributed by atoms with Crippen LogP contribution in [0, 0.1) is 0 Å². The number of carbonyl (C=O) groups is 2. The monoisotopic (exact) mass is 475 g/mol. The molecule has 1 fully saturated rings. The second-order valence-corrected chi connectivity index (χ2v) is 10.2. The van der Waals surface area contributed by atoms with Crippen LogP contribution in [-0.4, -0.2) is 67.8 Å². The van der Waals surface area contributed by atoms with Crippen molar-refractivity contribution < 1.29 is 14.3 Å². The Hall–Kier alpha value is -2.40. The molecule has 0 aromatic heterocycles. The highest BCUT2D eigenvalue weighted by Crippen LogP contribution is 2.19. The van der Waals surface area contributed by atoms with Gasteiger partial charge >= 0.3 is 12.1 Å². The Morgan fingerprint density at radius 2 is 2.00 bits per heavy atom. The predicted molar refractivity (Wildman–Crippen MR) is 133 cm³/mol. The highest BCUT2D eigenvalue weighted by molar-refractivity contribution is 5.89. The van der Waals surface area contributed by atoms with E-state index in [0.717, 1.165) is 44.6 Å². The Bertz CT molecular complexity index is 842. The Morgan fingerprint density at radius 1 is 1.21 bits per heavy atom. The van der Waals surface area contributed by atoms with Crippen LogP contribution in [0.25, 0.3) is 0 Å². The first-order valence-electron chi connectivity index (χ1n) is 12.2. The minimum Gasteiger partial charge on any atom is -0.444 e. The lowest BCUT2D eigenvalue weighted by Gasteiger charge is -2.37. The number of fused-ring (bicyclic) bond motifs is 1. The van der Waals surface area contributed by atoms with Crippen molar-refractivity contribution in [3.05, 3.63) is 29.3 Å². The first kappa shape index (κ1) is 26.2. The number of nitrogens with one attached hydrogen (secondary N) is 6. The maximum Gasteiger partial charge on any atom is 0.410 e.